The molecule has 0 aliphatic carbocycles. The molecule has 0 aromatic heterocycles. The Morgan fingerprint density at radius 3 is 2.35 bits per heavy atom. The molecule has 1 rings (SSSR count). The standard InChI is InChI=1S/C7H16N4.C3H7NO2/c1-3-7(8)9-11-5-4-10(2)6-11;1-2(4)3(5)6/h4-5,7,9H,3,6,8H2,1-2H3;2H,4H2,1H3,(H,5,6)/t;2-/m.0/s1. The van der Waals surface area contributed by atoms with Crippen LogP contribution in [0, 0.1) is 0 Å². The molecule has 0 amide bonds. The normalized spacial score (nSPS) is 17.5. The minimum Gasteiger partial charge on any atom is -0.480 e. The highest BCUT2D eigenvalue weighted by Crippen LogP contribution is 2.00. The maximum atomic E-state index is 9.57. The number of aliphatic carboxylic acids is 1. The summed E-state index contributed by atoms with van der Waals surface area (Å²) in [5, 5.41) is 9.85. The van der Waals surface area contributed by atoms with Gasteiger partial charge in [0.2, 0.25) is 0 Å². The fourth-order valence-corrected chi connectivity index (χ4v) is 0.917. The molecule has 2 atom stereocenters. The first-order valence-corrected chi connectivity index (χ1v) is 5.52. The Hall–Kier alpha value is -1.31. The zero-order valence-corrected chi connectivity index (χ0v) is 10.6. The van der Waals surface area contributed by atoms with Crippen LogP contribution in [0.4, 0.5) is 0 Å². The summed E-state index contributed by atoms with van der Waals surface area (Å²) in [6.45, 7) is 4.34. The van der Waals surface area contributed by atoms with E-state index < -0.39 is 12.0 Å². The lowest BCUT2D eigenvalue weighted by molar-refractivity contribution is -0.138. The van der Waals surface area contributed by atoms with Crippen molar-refractivity contribution in [3.63, 3.8) is 0 Å². The molecular formula is C10H23N5O2. The van der Waals surface area contributed by atoms with E-state index in [2.05, 4.69) is 17.2 Å². The van der Waals surface area contributed by atoms with E-state index in [0.29, 0.717) is 0 Å². The molecule has 1 unspecified atom stereocenters. The summed E-state index contributed by atoms with van der Waals surface area (Å²) >= 11 is 0. The topological polar surface area (TPSA) is 108 Å². The minimum absolute atomic E-state index is 0.0612. The predicted molar refractivity (Wildman–Crippen MR) is 66.3 cm³/mol. The Labute approximate surface area is 102 Å². The fraction of sp³-hybridized carbons (Fsp3) is 0.700. The summed E-state index contributed by atoms with van der Waals surface area (Å²) in [7, 11) is 2.02. The molecule has 100 valence electrons. The second-order valence-electron chi connectivity index (χ2n) is 3.94. The maximum Gasteiger partial charge on any atom is 0.320 e. The first-order valence-electron chi connectivity index (χ1n) is 5.52. The summed E-state index contributed by atoms with van der Waals surface area (Å²) in [5.41, 5.74) is 13.7. The minimum atomic E-state index is -0.963. The van der Waals surface area contributed by atoms with Crippen LogP contribution in [0.15, 0.2) is 12.4 Å². The summed E-state index contributed by atoms with van der Waals surface area (Å²) in [4.78, 5) is 11.7. The average molecular weight is 245 g/mol. The Morgan fingerprint density at radius 1 is 1.53 bits per heavy atom. The van der Waals surface area contributed by atoms with E-state index in [0.717, 1.165) is 13.1 Å². The van der Waals surface area contributed by atoms with Gasteiger partial charge in [0, 0.05) is 19.4 Å². The first-order chi connectivity index (χ1) is 7.86. The lowest BCUT2D eigenvalue weighted by Gasteiger charge is -2.22. The molecule has 0 spiro atoms. The Bertz CT molecular complexity index is 257. The molecule has 7 heteroatoms. The van der Waals surface area contributed by atoms with Crippen molar-refractivity contribution in [2.24, 2.45) is 11.5 Å². The molecule has 1 aliphatic rings. The quantitative estimate of drug-likeness (QED) is 0.484. The number of hydrazine groups is 1. The van der Waals surface area contributed by atoms with Gasteiger partial charge in [0.05, 0.1) is 6.17 Å². The van der Waals surface area contributed by atoms with Crippen molar-refractivity contribution in [2.75, 3.05) is 13.7 Å². The van der Waals surface area contributed by atoms with Crippen LogP contribution in [-0.2, 0) is 4.79 Å². The number of nitrogens with one attached hydrogen (secondary N) is 1. The molecule has 0 saturated carbocycles. The number of hydrogen-bond donors (Lipinski definition) is 4. The van der Waals surface area contributed by atoms with Crippen molar-refractivity contribution in [3.05, 3.63) is 12.4 Å². The van der Waals surface area contributed by atoms with E-state index in [9.17, 15) is 4.79 Å². The molecule has 0 aromatic carbocycles. The second kappa shape index (κ2) is 7.88. The van der Waals surface area contributed by atoms with Crippen molar-refractivity contribution in [3.8, 4) is 0 Å². The molecule has 0 saturated heterocycles. The Morgan fingerprint density at radius 2 is 2.06 bits per heavy atom. The highest BCUT2D eigenvalue weighted by molar-refractivity contribution is 5.72. The smallest absolute Gasteiger partial charge is 0.320 e. The van der Waals surface area contributed by atoms with Crippen LogP contribution < -0.4 is 16.9 Å². The lowest BCUT2D eigenvalue weighted by Crippen LogP contribution is -2.46. The van der Waals surface area contributed by atoms with E-state index in [4.69, 9.17) is 16.6 Å². The summed E-state index contributed by atoms with van der Waals surface area (Å²) in [6.07, 6.45) is 4.99. The number of rotatable bonds is 4. The molecule has 0 bridgehead atoms. The summed E-state index contributed by atoms with van der Waals surface area (Å²) < 4.78 is 0. The molecule has 1 aliphatic heterocycles. The van der Waals surface area contributed by atoms with Crippen LogP contribution in [0.3, 0.4) is 0 Å². The molecule has 6 N–H and O–H groups in total. The van der Waals surface area contributed by atoms with Gasteiger partial charge in [-0.15, -0.1) is 0 Å². The number of carboxylic acid groups (broad SMARTS) is 1. The van der Waals surface area contributed by atoms with Crippen LogP contribution in [0.2, 0.25) is 0 Å². The number of nitrogens with zero attached hydrogens (tertiary/aromatic N) is 2. The molecule has 1 heterocycles. The SMILES string of the molecule is CCC(N)NN1C=CN(C)C1.C[C@H](N)C(=O)O. The number of nitrogens with two attached hydrogens (primary N) is 2. The van der Waals surface area contributed by atoms with Crippen LogP contribution in [0.5, 0.6) is 0 Å². The van der Waals surface area contributed by atoms with Crippen LogP contribution in [0.25, 0.3) is 0 Å². The number of hydrogen-bond acceptors (Lipinski definition) is 6. The summed E-state index contributed by atoms with van der Waals surface area (Å²) in [6, 6.07) is -0.731. The maximum absolute atomic E-state index is 9.57. The second-order valence-corrected chi connectivity index (χ2v) is 3.94. The van der Waals surface area contributed by atoms with Gasteiger partial charge in [0.15, 0.2) is 0 Å². The van der Waals surface area contributed by atoms with Gasteiger partial charge in [0.25, 0.3) is 0 Å². The van der Waals surface area contributed by atoms with Crippen LogP contribution >= 0.6 is 0 Å². The van der Waals surface area contributed by atoms with Crippen molar-refractivity contribution >= 4 is 5.97 Å². The molecule has 0 aromatic rings. The van der Waals surface area contributed by atoms with E-state index in [1.54, 1.807) is 0 Å². The van der Waals surface area contributed by atoms with Gasteiger partial charge in [-0.05, 0) is 13.3 Å². The highest BCUT2D eigenvalue weighted by Gasteiger charge is 2.09. The fourth-order valence-electron chi connectivity index (χ4n) is 0.917. The number of carbonyl (C=O) groups is 1. The third-order valence-corrected chi connectivity index (χ3v) is 2.04. The van der Waals surface area contributed by atoms with E-state index >= 15 is 0 Å². The van der Waals surface area contributed by atoms with Crippen molar-refractivity contribution < 1.29 is 9.90 Å². The van der Waals surface area contributed by atoms with Gasteiger partial charge in [-0.3, -0.25) is 9.80 Å². The zero-order valence-electron chi connectivity index (χ0n) is 10.6. The van der Waals surface area contributed by atoms with Crippen molar-refractivity contribution in [1.29, 1.82) is 0 Å². The zero-order chi connectivity index (χ0) is 13.4. The van der Waals surface area contributed by atoms with Crippen molar-refractivity contribution in [2.45, 2.75) is 32.5 Å². The third kappa shape index (κ3) is 7.56. The average Bonchev–Trinajstić information content (AvgIpc) is 2.64. The van der Waals surface area contributed by atoms with Gasteiger partial charge in [-0.1, -0.05) is 6.92 Å². The van der Waals surface area contributed by atoms with E-state index in [1.807, 2.05) is 24.5 Å². The molecular weight excluding hydrogens is 222 g/mol. The lowest BCUT2D eigenvalue weighted by atomic mass is 10.4. The van der Waals surface area contributed by atoms with Crippen LogP contribution in [-0.4, -0.2) is 46.9 Å². The predicted octanol–water partition coefficient (Wildman–Crippen LogP) is -0.720. The molecule has 17 heavy (non-hydrogen) atoms. The van der Waals surface area contributed by atoms with Crippen LogP contribution in [0.1, 0.15) is 20.3 Å². The number of carboxylic acids is 1. The van der Waals surface area contributed by atoms with E-state index in [1.165, 1.54) is 6.92 Å². The first kappa shape index (κ1) is 15.7. The Balaban J connectivity index is 0.000000366. The molecule has 0 fully saturated rings. The molecule has 7 nitrogen and oxygen atoms in total. The Kier molecular flexibility index (Phi) is 7.27. The van der Waals surface area contributed by atoms with Gasteiger partial charge in [0.1, 0.15) is 12.7 Å². The highest BCUT2D eigenvalue weighted by atomic mass is 16.4. The molecule has 0 radical (unpaired) electrons. The van der Waals surface area contributed by atoms with Gasteiger partial charge >= 0.3 is 5.97 Å². The van der Waals surface area contributed by atoms with Gasteiger partial charge < -0.3 is 21.5 Å². The van der Waals surface area contributed by atoms with Gasteiger partial charge in [-0.25, -0.2) is 5.43 Å². The summed E-state index contributed by atoms with van der Waals surface area (Å²) in [5.74, 6) is -0.963. The largest absolute Gasteiger partial charge is 0.480 e. The van der Waals surface area contributed by atoms with E-state index in [-0.39, 0.29) is 6.17 Å². The monoisotopic (exact) mass is 245 g/mol. The van der Waals surface area contributed by atoms with Gasteiger partial charge in [-0.2, -0.15) is 0 Å². The third-order valence-electron chi connectivity index (χ3n) is 2.04. The van der Waals surface area contributed by atoms with Crippen molar-refractivity contribution in [1.82, 2.24) is 15.3 Å².